The predicted octanol–water partition coefficient (Wildman–Crippen LogP) is 4.34. The van der Waals surface area contributed by atoms with Crippen molar-refractivity contribution in [2.75, 3.05) is 19.5 Å². The van der Waals surface area contributed by atoms with Crippen molar-refractivity contribution in [3.8, 4) is 5.75 Å². The van der Waals surface area contributed by atoms with Gasteiger partial charge in [0.25, 0.3) is 0 Å². The largest absolute Gasteiger partial charge is 0.493 e. The Labute approximate surface area is 132 Å². The van der Waals surface area contributed by atoms with Gasteiger partial charge in [-0.1, -0.05) is 13.8 Å². The summed E-state index contributed by atoms with van der Waals surface area (Å²) in [6, 6.07) is 4.03. The number of alkyl halides is 3. The second kappa shape index (κ2) is 5.06. The van der Waals surface area contributed by atoms with Gasteiger partial charge in [0.05, 0.1) is 13.2 Å². The Morgan fingerprint density at radius 3 is 2.50 bits per heavy atom. The minimum Gasteiger partial charge on any atom is -0.493 e. The molecule has 6 heteroatoms. The summed E-state index contributed by atoms with van der Waals surface area (Å²) in [5, 5.41) is 0. The molecule has 0 N–H and O–H groups in total. The normalized spacial score (nSPS) is 24.1. The summed E-state index contributed by atoms with van der Waals surface area (Å²) in [4.78, 5) is 1.06. The smallest absolute Gasteiger partial charge is 0.419 e. The van der Waals surface area contributed by atoms with E-state index in [9.17, 15) is 13.2 Å². The maximum absolute atomic E-state index is 13.2. The summed E-state index contributed by atoms with van der Waals surface area (Å²) in [6.07, 6.45) is -1.63. The van der Waals surface area contributed by atoms with Gasteiger partial charge in [-0.25, -0.2) is 0 Å². The summed E-state index contributed by atoms with van der Waals surface area (Å²) < 4.78 is 50.1. The minimum atomic E-state index is -4.33. The number of benzene rings is 1. The first-order chi connectivity index (χ1) is 10.2. The number of fused-ring (bicyclic) bond motifs is 1. The van der Waals surface area contributed by atoms with Crippen molar-refractivity contribution in [1.29, 1.82) is 0 Å². The van der Waals surface area contributed by atoms with Gasteiger partial charge in [-0.05, 0) is 35.8 Å². The maximum Gasteiger partial charge on any atom is 0.419 e. The molecule has 1 unspecified atom stereocenters. The summed E-state index contributed by atoms with van der Waals surface area (Å²) in [7, 11) is 0. The third-order valence-corrected chi connectivity index (χ3v) is 5.17. The van der Waals surface area contributed by atoms with Crippen LogP contribution in [0.3, 0.4) is 0 Å². The second-order valence-corrected chi connectivity index (χ2v) is 7.48. The van der Waals surface area contributed by atoms with E-state index in [-0.39, 0.29) is 13.0 Å². The summed E-state index contributed by atoms with van der Waals surface area (Å²) in [5.41, 5.74) is -0.720. The van der Waals surface area contributed by atoms with Crippen LogP contribution in [0.5, 0.6) is 5.75 Å². The average Bonchev–Trinajstić information content (AvgIpc) is 3.05. The minimum absolute atomic E-state index is 0.0862. The molecule has 2 heterocycles. The first-order valence-electron chi connectivity index (χ1n) is 7.23. The van der Waals surface area contributed by atoms with E-state index in [1.807, 2.05) is 26.2 Å². The maximum atomic E-state index is 13.2. The Balaban J connectivity index is 1.98. The van der Waals surface area contributed by atoms with Crippen LogP contribution in [0.1, 0.15) is 31.4 Å². The van der Waals surface area contributed by atoms with Gasteiger partial charge in [-0.15, -0.1) is 11.8 Å². The lowest BCUT2D eigenvalue weighted by Gasteiger charge is -2.31. The van der Waals surface area contributed by atoms with Gasteiger partial charge in [0.1, 0.15) is 5.75 Å². The van der Waals surface area contributed by atoms with E-state index >= 15 is 0 Å². The molecular formula is C16H19F3O2S. The molecule has 0 bridgehead atoms. The fraction of sp³-hybridized carbons (Fsp3) is 0.625. The second-order valence-electron chi connectivity index (χ2n) is 6.60. The predicted molar refractivity (Wildman–Crippen MR) is 79.8 cm³/mol. The molecule has 2 aliphatic rings. The highest BCUT2D eigenvalue weighted by molar-refractivity contribution is 7.98. The summed E-state index contributed by atoms with van der Waals surface area (Å²) in [5.74, 6) is 0.765. The highest BCUT2D eigenvalue weighted by Gasteiger charge is 2.67. The first-order valence-corrected chi connectivity index (χ1v) is 8.46. The summed E-state index contributed by atoms with van der Waals surface area (Å²) in [6.45, 7) is 4.02. The van der Waals surface area contributed by atoms with E-state index in [1.54, 1.807) is 11.8 Å². The average molecular weight is 332 g/mol. The van der Waals surface area contributed by atoms with E-state index in [4.69, 9.17) is 9.47 Å². The van der Waals surface area contributed by atoms with Crippen molar-refractivity contribution in [2.45, 2.75) is 48.8 Å². The zero-order chi connectivity index (χ0) is 16.2. The molecule has 1 fully saturated rings. The number of rotatable bonds is 4. The van der Waals surface area contributed by atoms with E-state index < -0.39 is 17.2 Å². The van der Waals surface area contributed by atoms with Crippen molar-refractivity contribution in [3.63, 3.8) is 0 Å². The van der Waals surface area contributed by atoms with Crippen LogP contribution in [-0.4, -0.2) is 31.2 Å². The molecule has 0 aliphatic carbocycles. The Kier molecular flexibility index (Phi) is 3.68. The molecule has 2 aliphatic heterocycles. The molecule has 0 saturated carbocycles. The zero-order valence-corrected chi connectivity index (χ0v) is 13.7. The first kappa shape index (κ1) is 16.0. The van der Waals surface area contributed by atoms with Gasteiger partial charge < -0.3 is 9.47 Å². The SMILES string of the molecule is CSc1cc2c(c(C(C)(C)CC3(C(F)(F)F)CO3)c1)OCC2. The number of thioether (sulfide) groups is 1. The topological polar surface area (TPSA) is 21.8 Å². The molecule has 1 aromatic carbocycles. The van der Waals surface area contributed by atoms with Crippen molar-refractivity contribution in [2.24, 2.45) is 0 Å². The van der Waals surface area contributed by atoms with Crippen LogP contribution in [0.4, 0.5) is 13.2 Å². The highest BCUT2D eigenvalue weighted by Crippen LogP contribution is 2.53. The van der Waals surface area contributed by atoms with Crippen LogP contribution in [0.25, 0.3) is 0 Å². The van der Waals surface area contributed by atoms with Gasteiger partial charge in [-0.3, -0.25) is 0 Å². The standard InChI is InChI=1S/C16H19F3O2S/c1-14(2,8-15(9-21-15)16(17,18)19)12-7-11(22-3)6-10-4-5-20-13(10)12/h6-7H,4-5,8-9H2,1-3H3. The highest BCUT2D eigenvalue weighted by atomic mass is 32.2. The molecule has 2 nitrogen and oxygen atoms in total. The zero-order valence-electron chi connectivity index (χ0n) is 12.8. The molecule has 22 heavy (non-hydrogen) atoms. The molecule has 3 rings (SSSR count). The third-order valence-electron chi connectivity index (χ3n) is 4.46. The number of hydrogen-bond donors (Lipinski definition) is 0. The van der Waals surface area contributed by atoms with Crippen molar-refractivity contribution < 1.29 is 22.6 Å². The molecule has 0 amide bonds. The Bertz CT molecular complexity index is 592. The van der Waals surface area contributed by atoms with Crippen molar-refractivity contribution in [1.82, 2.24) is 0 Å². The van der Waals surface area contributed by atoms with Crippen LogP contribution >= 0.6 is 11.8 Å². The fourth-order valence-corrected chi connectivity index (χ4v) is 3.66. The van der Waals surface area contributed by atoms with Gasteiger partial charge in [0, 0.05) is 16.9 Å². The van der Waals surface area contributed by atoms with E-state index in [0.717, 1.165) is 28.2 Å². The Hall–Kier alpha value is -0.880. The van der Waals surface area contributed by atoms with Crippen LogP contribution < -0.4 is 4.74 Å². The molecule has 1 atom stereocenters. The molecule has 1 saturated heterocycles. The van der Waals surface area contributed by atoms with Gasteiger partial charge in [0.15, 0.2) is 5.60 Å². The van der Waals surface area contributed by atoms with Crippen molar-refractivity contribution in [3.05, 3.63) is 23.3 Å². The monoisotopic (exact) mass is 332 g/mol. The van der Waals surface area contributed by atoms with Crippen LogP contribution in [-0.2, 0) is 16.6 Å². The van der Waals surface area contributed by atoms with Gasteiger partial charge >= 0.3 is 6.18 Å². The van der Waals surface area contributed by atoms with Gasteiger partial charge in [-0.2, -0.15) is 13.2 Å². The number of ether oxygens (including phenoxy) is 2. The fourth-order valence-electron chi connectivity index (χ4n) is 3.16. The Morgan fingerprint density at radius 2 is 1.95 bits per heavy atom. The van der Waals surface area contributed by atoms with E-state index in [2.05, 4.69) is 6.07 Å². The third kappa shape index (κ3) is 2.60. The number of epoxide rings is 1. The molecule has 1 aromatic rings. The van der Waals surface area contributed by atoms with Crippen molar-refractivity contribution >= 4 is 11.8 Å². The van der Waals surface area contributed by atoms with Crippen LogP contribution in [0.2, 0.25) is 0 Å². The number of halogens is 3. The molecule has 0 spiro atoms. The van der Waals surface area contributed by atoms with Crippen LogP contribution in [0.15, 0.2) is 17.0 Å². The summed E-state index contributed by atoms with van der Waals surface area (Å²) >= 11 is 1.60. The molecule has 122 valence electrons. The lowest BCUT2D eigenvalue weighted by Crippen LogP contribution is -2.39. The molecule has 0 radical (unpaired) electrons. The lowest BCUT2D eigenvalue weighted by atomic mass is 9.76. The molecule has 0 aromatic heterocycles. The number of hydrogen-bond acceptors (Lipinski definition) is 3. The molecular weight excluding hydrogens is 313 g/mol. The quantitative estimate of drug-likeness (QED) is 0.605. The Morgan fingerprint density at radius 1 is 1.27 bits per heavy atom. The van der Waals surface area contributed by atoms with E-state index in [1.165, 1.54) is 0 Å². The lowest BCUT2D eigenvalue weighted by molar-refractivity contribution is -0.188. The van der Waals surface area contributed by atoms with Gasteiger partial charge in [0.2, 0.25) is 0 Å². The van der Waals surface area contributed by atoms with E-state index in [0.29, 0.717) is 6.61 Å². The van der Waals surface area contributed by atoms with Crippen LogP contribution in [0, 0.1) is 0 Å².